The molecule has 0 aromatic carbocycles. The SMILES string of the molecule is C=C1[C@H]2[C@H](O[C@@H]3O[C@H](CO)[C@@H](O)[C@H](O)[C@H]3O)OC=C(C(=O)OCC[C@H](C)CCC[C@H](C)COC(=O)C3=CO[C@@H](O[C@@H]4O[C@H](CO)[C@@H](O)[C@H](O)[C@H]4O)[C@@H]4[C@H](C)[C@@H](O)C[C@H]34)[C@H]2C[C@@H]1O. The van der Waals surface area contributed by atoms with E-state index in [0.717, 1.165) is 19.3 Å². The maximum atomic E-state index is 13.3. The number of esters is 2. The van der Waals surface area contributed by atoms with Crippen LogP contribution in [0.5, 0.6) is 0 Å². The number of carbonyl (C=O) groups excluding carboxylic acids is 2. The zero-order valence-electron chi connectivity index (χ0n) is 35.1. The lowest BCUT2D eigenvalue weighted by atomic mass is 9.83. The highest BCUT2D eigenvalue weighted by Gasteiger charge is 2.55. The summed E-state index contributed by atoms with van der Waals surface area (Å²) < 4.78 is 45.5. The normalized spacial score (nSPS) is 42.7. The highest BCUT2D eigenvalue weighted by atomic mass is 16.8. The van der Waals surface area contributed by atoms with Crippen LogP contribution in [-0.2, 0) is 47.5 Å². The highest BCUT2D eigenvalue weighted by molar-refractivity contribution is 5.89. The summed E-state index contributed by atoms with van der Waals surface area (Å²) in [7, 11) is 0. The summed E-state index contributed by atoms with van der Waals surface area (Å²) in [6.45, 7) is 8.71. The average molecular weight is 889 g/mol. The van der Waals surface area contributed by atoms with Gasteiger partial charge in [0.05, 0.1) is 68.2 Å². The van der Waals surface area contributed by atoms with Crippen LogP contribution in [0.3, 0.4) is 0 Å². The van der Waals surface area contributed by atoms with E-state index in [2.05, 4.69) is 6.58 Å². The van der Waals surface area contributed by atoms with Crippen molar-refractivity contribution in [3.63, 3.8) is 0 Å². The van der Waals surface area contributed by atoms with Crippen molar-refractivity contribution in [2.45, 2.75) is 145 Å². The van der Waals surface area contributed by atoms with Crippen LogP contribution in [0.4, 0.5) is 0 Å². The highest BCUT2D eigenvalue weighted by Crippen LogP contribution is 2.49. The summed E-state index contributed by atoms with van der Waals surface area (Å²) in [4.78, 5) is 26.6. The maximum Gasteiger partial charge on any atom is 0.337 e. The second kappa shape index (κ2) is 21.0. The van der Waals surface area contributed by atoms with Crippen molar-refractivity contribution in [2.75, 3.05) is 26.4 Å². The van der Waals surface area contributed by atoms with Gasteiger partial charge in [-0.3, -0.25) is 0 Å². The van der Waals surface area contributed by atoms with Gasteiger partial charge in [0.15, 0.2) is 12.6 Å². The number of aliphatic hydroxyl groups is 10. The predicted octanol–water partition coefficient (Wildman–Crippen LogP) is -1.79. The molecule has 2 saturated carbocycles. The molecule has 0 spiro atoms. The Morgan fingerprint density at radius 3 is 1.82 bits per heavy atom. The first-order valence-corrected chi connectivity index (χ1v) is 21.5. The lowest BCUT2D eigenvalue weighted by molar-refractivity contribution is -0.342. The van der Waals surface area contributed by atoms with Crippen molar-refractivity contribution in [1.29, 1.82) is 0 Å². The number of hydrogen-bond donors (Lipinski definition) is 10. The molecule has 20 nitrogen and oxygen atoms in total. The molecular weight excluding hydrogens is 824 g/mol. The molecule has 2 aliphatic carbocycles. The first-order chi connectivity index (χ1) is 29.5. The number of ether oxygens (including phenoxy) is 8. The van der Waals surface area contributed by atoms with Gasteiger partial charge in [-0.25, -0.2) is 9.59 Å². The predicted molar refractivity (Wildman–Crippen MR) is 208 cm³/mol. The van der Waals surface area contributed by atoms with Crippen molar-refractivity contribution < 1.29 is 98.5 Å². The third-order valence-corrected chi connectivity index (χ3v) is 13.4. The molecular formula is C42H64O20. The molecule has 10 N–H and O–H groups in total. The Hall–Kier alpha value is -2.80. The summed E-state index contributed by atoms with van der Waals surface area (Å²) in [5, 5.41) is 102. The van der Waals surface area contributed by atoms with Crippen molar-refractivity contribution in [1.82, 2.24) is 0 Å². The Balaban J connectivity index is 0.921. The van der Waals surface area contributed by atoms with Crippen molar-refractivity contribution in [3.05, 3.63) is 35.8 Å². The fourth-order valence-electron chi connectivity index (χ4n) is 9.40. The number of rotatable bonds is 17. The zero-order valence-corrected chi connectivity index (χ0v) is 35.1. The molecule has 0 radical (unpaired) electrons. The molecule has 4 heterocycles. The van der Waals surface area contributed by atoms with E-state index in [1.165, 1.54) is 12.5 Å². The third-order valence-electron chi connectivity index (χ3n) is 13.4. The van der Waals surface area contributed by atoms with Crippen LogP contribution in [-0.4, -0.2) is 176 Å². The quantitative estimate of drug-likeness (QED) is 0.0569. The summed E-state index contributed by atoms with van der Waals surface area (Å²) in [5.41, 5.74) is 0.765. The van der Waals surface area contributed by atoms with Gasteiger partial charge >= 0.3 is 11.9 Å². The van der Waals surface area contributed by atoms with Gasteiger partial charge in [-0.2, -0.15) is 0 Å². The molecule has 0 unspecified atom stereocenters. The van der Waals surface area contributed by atoms with Crippen LogP contribution in [0.2, 0.25) is 0 Å². The van der Waals surface area contributed by atoms with Gasteiger partial charge < -0.3 is 89.0 Å². The van der Waals surface area contributed by atoms with E-state index >= 15 is 0 Å². The van der Waals surface area contributed by atoms with Gasteiger partial charge in [-0.05, 0) is 49.0 Å². The van der Waals surface area contributed by atoms with Gasteiger partial charge in [-0.15, -0.1) is 0 Å². The maximum absolute atomic E-state index is 13.3. The van der Waals surface area contributed by atoms with Gasteiger partial charge in [0.25, 0.3) is 0 Å². The van der Waals surface area contributed by atoms with E-state index in [-0.39, 0.29) is 55.0 Å². The average Bonchev–Trinajstić information content (AvgIpc) is 3.72. The van der Waals surface area contributed by atoms with E-state index in [1.54, 1.807) is 6.92 Å². The standard InChI is InChI=1S/C42H64O20/c1-17(8-9-55-37(53)23-15-57-39(29-19(3)25(45)10-21(23)29)61-41-35(51)33(49)31(47)27(12-43)59-41)6-5-7-18(2)14-56-38(54)24-16-58-40(30-20(4)26(46)11-22(24)30)62-42-36(52)34(50)32(48)28(13-44)60-42/h15-18,20-22,25-36,39-52H,3,5-14H2,1-2,4H3/t17-,18+,20-,21-,22-,25+,26+,27-,28-,29-,30-,31-,32-,33+,34+,35-,36-,39+,40+,41+,42+/m1/s1. The second-order valence-corrected chi connectivity index (χ2v) is 17.8. The lowest BCUT2D eigenvalue weighted by Crippen LogP contribution is -2.60. The van der Waals surface area contributed by atoms with E-state index in [0.29, 0.717) is 12.0 Å². The Morgan fingerprint density at radius 2 is 1.23 bits per heavy atom. The first-order valence-electron chi connectivity index (χ1n) is 21.5. The van der Waals surface area contributed by atoms with Crippen LogP contribution in [0.15, 0.2) is 35.8 Å². The fourth-order valence-corrected chi connectivity index (χ4v) is 9.40. The molecule has 0 amide bonds. The number of aliphatic hydroxyl groups excluding tert-OH is 10. The fraction of sp³-hybridized carbons (Fsp3) is 0.810. The van der Waals surface area contributed by atoms with E-state index in [4.69, 9.17) is 37.9 Å². The van der Waals surface area contributed by atoms with E-state index < -0.39 is 135 Å². The summed E-state index contributed by atoms with van der Waals surface area (Å²) in [6, 6.07) is 0. The van der Waals surface area contributed by atoms with Gasteiger partial charge in [0, 0.05) is 17.8 Å². The first kappa shape index (κ1) is 48.7. The summed E-state index contributed by atoms with van der Waals surface area (Å²) >= 11 is 0. The Bertz CT molecular complexity index is 1600. The minimum absolute atomic E-state index is 0.0106. The van der Waals surface area contributed by atoms with Crippen molar-refractivity contribution in [3.8, 4) is 0 Å². The van der Waals surface area contributed by atoms with Gasteiger partial charge in [-0.1, -0.05) is 40.2 Å². The summed E-state index contributed by atoms with van der Waals surface area (Å²) in [5.74, 6) is -3.76. The van der Waals surface area contributed by atoms with Crippen molar-refractivity contribution in [2.24, 2.45) is 41.4 Å². The van der Waals surface area contributed by atoms with Crippen LogP contribution < -0.4 is 0 Å². The molecule has 62 heavy (non-hydrogen) atoms. The lowest BCUT2D eigenvalue weighted by Gasteiger charge is -2.43. The van der Waals surface area contributed by atoms with Gasteiger partial charge in [0.2, 0.25) is 12.6 Å². The molecule has 6 aliphatic rings. The van der Waals surface area contributed by atoms with Crippen LogP contribution in [0.1, 0.15) is 59.3 Å². The molecule has 0 aromatic rings. The topological polar surface area (TPSA) is 310 Å². The Labute approximate surface area is 359 Å². The molecule has 0 bridgehead atoms. The minimum Gasteiger partial charge on any atom is -0.472 e. The molecule has 0 aromatic heterocycles. The number of hydrogen-bond acceptors (Lipinski definition) is 20. The van der Waals surface area contributed by atoms with Crippen LogP contribution in [0, 0.1) is 41.4 Å². The second-order valence-electron chi connectivity index (χ2n) is 17.8. The molecule has 352 valence electrons. The Kier molecular flexibility index (Phi) is 16.5. The molecule has 21 atom stereocenters. The van der Waals surface area contributed by atoms with E-state index in [1.807, 2.05) is 13.8 Å². The number of carbonyl (C=O) groups is 2. The molecule has 6 rings (SSSR count). The van der Waals surface area contributed by atoms with Crippen molar-refractivity contribution >= 4 is 11.9 Å². The minimum atomic E-state index is -1.68. The van der Waals surface area contributed by atoms with Crippen LogP contribution >= 0.6 is 0 Å². The molecule has 2 saturated heterocycles. The summed E-state index contributed by atoms with van der Waals surface area (Å²) in [6.07, 6.45) is -13.4. The smallest absolute Gasteiger partial charge is 0.337 e. The van der Waals surface area contributed by atoms with E-state index in [9.17, 15) is 60.7 Å². The molecule has 4 fully saturated rings. The monoisotopic (exact) mass is 888 g/mol. The molecule has 20 heteroatoms. The zero-order chi connectivity index (χ0) is 45.2. The van der Waals surface area contributed by atoms with Crippen LogP contribution in [0.25, 0.3) is 0 Å². The molecule has 4 aliphatic heterocycles. The number of fused-ring (bicyclic) bond motifs is 2. The van der Waals surface area contributed by atoms with Gasteiger partial charge in [0.1, 0.15) is 48.8 Å². The third kappa shape index (κ3) is 10.3. The largest absolute Gasteiger partial charge is 0.472 e. The Morgan fingerprint density at radius 1 is 0.694 bits per heavy atom.